The van der Waals surface area contributed by atoms with Crippen LogP contribution in [-0.2, 0) is 10.0 Å². The van der Waals surface area contributed by atoms with Crippen molar-refractivity contribution in [3.05, 3.63) is 41.8 Å². The number of rotatable bonds is 4. The number of methoxy groups -OCH3 is 1. The standard InChI is InChI=1S/C12H12N2O5S/c1-8-7-9(13-19-8)12(15)14-20(16,17)11-6-4-3-5-10(11)18-2/h3-7H,1-2H3,(H,14,15). The number of aromatic nitrogens is 1. The molecule has 0 aliphatic rings. The Bertz CT molecular complexity index is 736. The van der Waals surface area contributed by atoms with Crippen molar-refractivity contribution in [2.45, 2.75) is 11.8 Å². The maximum Gasteiger partial charge on any atom is 0.287 e. The lowest BCUT2D eigenvalue weighted by Gasteiger charge is -2.09. The lowest BCUT2D eigenvalue weighted by atomic mass is 10.3. The summed E-state index contributed by atoms with van der Waals surface area (Å²) in [5.41, 5.74) is -0.110. The number of nitrogens with one attached hydrogen (secondary N) is 1. The first-order chi connectivity index (χ1) is 9.44. The molecule has 1 heterocycles. The molecule has 0 aliphatic carbocycles. The summed E-state index contributed by atoms with van der Waals surface area (Å²) in [6.07, 6.45) is 0. The molecule has 20 heavy (non-hydrogen) atoms. The van der Waals surface area contributed by atoms with Crippen molar-refractivity contribution < 1.29 is 22.5 Å². The van der Waals surface area contributed by atoms with Gasteiger partial charge in [-0.2, -0.15) is 0 Å². The normalized spacial score (nSPS) is 11.1. The van der Waals surface area contributed by atoms with Crippen LogP contribution in [0.3, 0.4) is 0 Å². The molecular weight excluding hydrogens is 284 g/mol. The minimum absolute atomic E-state index is 0.110. The number of hydrogen-bond acceptors (Lipinski definition) is 6. The predicted octanol–water partition coefficient (Wildman–Crippen LogP) is 1.11. The number of hydrogen-bond donors (Lipinski definition) is 1. The van der Waals surface area contributed by atoms with Gasteiger partial charge >= 0.3 is 0 Å². The zero-order valence-corrected chi connectivity index (χ0v) is 11.6. The van der Waals surface area contributed by atoms with Crippen LogP contribution in [0.15, 0.2) is 39.8 Å². The van der Waals surface area contributed by atoms with Crippen LogP contribution in [-0.4, -0.2) is 26.6 Å². The fraction of sp³-hybridized carbons (Fsp3) is 0.167. The Labute approximate surface area is 115 Å². The van der Waals surface area contributed by atoms with Crippen LogP contribution >= 0.6 is 0 Å². The first-order valence-electron chi connectivity index (χ1n) is 5.57. The maximum absolute atomic E-state index is 12.1. The van der Waals surface area contributed by atoms with Gasteiger partial charge in [0.15, 0.2) is 5.69 Å². The Hall–Kier alpha value is -2.35. The molecular formula is C12H12N2O5S. The highest BCUT2D eigenvalue weighted by Gasteiger charge is 2.23. The molecule has 0 saturated carbocycles. The van der Waals surface area contributed by atoms with Crippen molar-refractivity contribution in [1.82, 2.24) is 9.88 Å². The highest BCUT2D eigenvalue weighted by Crippen LogP contribution is 2.22. The van der Waals surface area contributed by atoms with Crippen molar-refractivity contribution in [3.63, 3.8) is 0 Å². The number of carbonyl (C=O) groups is 1. The number of sulfonamides is 1. The third-order valence-electron chi connectivity index (χ3n) is 2.45. The number of ether oxygens (including phenoxy) is 1. The van der Waals surface area contributed by atoms with Gasteiger partial charge in [-0.3, -0.25) is 4.79 Å². The van der Waals surface area contributed by atoms with Crippen molar-refractivity contribution in [3.8, 4) is 5.75 Å². The van der Waals surface area contributed by atoms with Gasteiger partial charge in [-0.05, 0) is 19.1 Å². The smallest absolute Gasteiger partial charge is 0.287 e. The highest BCUT2D eigenvalue weighted by molar-refractivity contribution is 7.90. The van der Waals surface area contributed by atoms with E-state index >= 15 is 0 Å². The molecule has 1 amide bonds. The van der Waals surface area contributed by atoms with Gasteiger partial charge in [-0.1, -0.05) is 17.3 Å². The third-order valence-corrected chi connectivity index (χ3v) is 3.82. The molecule has 1 N–H and O–H groups in total. The Kier molecular flexibility index (Phi) is 3.75. The molecule has 0 aliphatic heterocycles. The van der Waals surface area contributed by atoms with Crippen molar-refractivity contribution in [2.75, 3.05) is 7.11 Å². The summed E-state index contributed by atoms with van der Waals surface area (Å²) in [5.74, 6) is -0.318. The second-order valence-electron chi connectivity index (χ2n) is 3.91. The van der Waals surface area contributed by atoms with Crippen LogP contribution in [0, 0.1) is 6.92 Å². The van der Waals surface area contributed by atoms with Gasteiger partial charge in [-0.25, -0.2) is 13.1 Å². The molecule has 0 radical (unpaired) electrons. The molecule has 106 valence electrons. The van der Waals surface area contributed by atoms with Crippen LogP contribution in [0.5, 0.6) is 5.75 Å². The second kappa shape index (κ2) is 5.33. The van der Waals surface area contributed by atoms with E-state index in [1.165, 1.54) is 31.4 Å². The van der Waals surface area contributed by atoms with Crippen LogP contribution in [0.1, 0.15) is 16.2 Å². The summed E-state index contributed by atoms with van der Waals surface area (Å²) in [4.78, 5) is 11.7. The van der Waals surface area contributed by atoms with E-state index in [1.807, 2.05) is 4.72 Å². The van der Waals surface area contributed by atoms with Crippen LogP contribution < -0.4 is 9.46 Å². The van der Waals surface area contributed by atoms with E-state index in [1.54, 1.807) is 13.0 Å². The van der Waals surface area contributed by atoms with E-state index in [2.05, 4.69) is 5.16 Å². The molecule has 1 aromatic heterocycles. The zero-order chi connectivity index (χ0) is 14.8. The zero-order valence-electron chi connectivity index (χ0n) is 10.8. The van der Waals surface area contributed by atoms with Crippen molar-refractivity contribution >= 4 is 15.9 Å². The fourth-order valence-corrected chi connectivity index (χ4v) is 2.68. The number of amides is 1. The molecule has 0 saturated heterocycles. The SMILES string of the molecule is COc1ccccc1S(=O)(=O)NC(=O)c1cc(C)on1. The molecule has 0 unspecified atom stereocenters. The van der Waals surface area contributed by atoms with Gasteiger partial charge in [0.05, 0.1) is 7.11 Å². The Morgan fingerprint density at radius 3 is 2.65 bits per heavy atom. The van der Waals surface area contributed by atoms with Crippen LogP contribution in [0.25, 0.3) is 0 Å². The van der Waals surface area contributed by atoms with Gasteiger partial charge in [-0.15, -0.1) is 0 Å². The van der Waals surface area contributed by atoms with Gasteiger partial charge in [0, 0.05) is 6.07 Å². The van der Waals surface area contributed by atoms with Gasteiger partial charge < -0.3 is 9.26 Å². The number of carbonyl (C=O) groups excluding carboxylic acids is 1. The maximum atomic E-state index is 12.1. The fourth-order valence-electron chi connectivity index (χ4n) is 1.54. The van der Waals surface area contributed by atoms with E-state index in [9.17, 15) is 13.2 Å². The lowest BCUT2D eigenvalue weighted by molar-refractivity contribution is 0.0972. The topological polar surface area (TPSA) is 98.5 Å². The molecule has 0 fully saturated rings. The molecule has 1 aromatic carbocycles. The summed E-state index contributed by atoms with van der Waals surface area (Å²) < 4.78 is 35.9. The monoisotopic (exact) mass is 296 g/mol. The molecule has 8 heteroatoms. The van der Waals surface area contributed by atoms with E-state index in [4.69, 9.17) is 9.26 Å². The van der Waals surface area contributed by atoms with E-state index in [0.717, 1.165) is 0 Å². The van der Waals surface area contributed by atoms with Crippen molar-refractivity contribution in [2.24, 2.45) is 0 Å². The quantitative estimate of drug-likeness (QED) is 0.907. The second-order valence-corrected chi connectivity index (χ2v) is 5.56. The molecule has 7 nitrogen and oxygen atoms in total. The first kappa shape index (κ1) is 14.1. The molecule has 2 rings (SSSR count). The summed E-state index contributed by atoms with van der Waals surface area (Å²) in [6, 6.07) is 7.32. The first-order valence-corrected chi connectivity index (χ1v) is 7.06. The number of para-hydroxylation sites is 1. The lowest BCUT2D eigenvalue weighted by Crippen LogP contribution is -2.31. The van der Waals surface area contributed by atoms with E-state index in [-0.39, 0.29) is 16.3 Å². The predicted molar refractivity (Wildman–Crippen MR) is 68.9 cm³/mol. The Morgan fingerprint density at radius 1 is 1.35 bits per heavy atom. The molecule has 0 spiro atoms. The summed E-state index contributed by atoms with van der Waals surface area (Å²) in [5, 5.41) is 3.45. The highest BCUT2D eigenvalue weighted by atomic mass is 32.2. The molecule has 0 bridgehead atoms. The van der Waals surface area contributed by atoms with E-state index < -0.39 is 15.9 Å². The average molecular weight is 296 g/mol. The average Bonchev–Trinajstić information content (AvgIpc) is 2.85. The van der Waals surface area contributed by atoms with Gasteiger partial charge in [0.25, 0.3) is 15.9 Å². The minimum atomic E-state index is -4.05. The number of nitrogens with zero attached hydrogens (tertiary/aromatic N) is 1. The Morgan fingerprint density at radius 2 is 2.05 bits per heavy atom. The van der Waals surface area contributed by atoms with E-state index in [0.29, 0.717) is 5.76 Å². The van der Waals surface area contributed by atoms with Crippen LogP contribution in [0.2, 0.25) is 0 Å². The number of benzene rings is 1. The Balaban J connectivity index is 2.30. The summed E-state index contributed by atoms with van der Waals surface area (Å²) in [6.45, 7) is 1.60. The largest absolute Gasteiger partial charge is 0.495 e. The molecule has 2 aromatic rings. The third kappa shape index (κ3) is 2.80. The molecule has 0 atom stereocenters. The minimum Gasteiger partial charge on any atom is -0.495 e. The van der Waals surface area contributed by atoms with Gasteiger partial charge in [0.1, 0.15) is 16.4 Å². The van der Waals surface area contributed by atoms with Crippen molar-refractivity contribution in [1.29, 1.82) is 0 Å². The van der Waals surface area contributed by atoms with Gasteiger partial charge in [0.2, 0.25) is 0 Å². The summed E-state index contributed by atoms with van der Waals surface area (Å²) >= 11 is 0. The van der Waals surface area contributed by atoms with Crippen LogP contribution in [0.4, 0.5) is 0 Å². The summed E-state index contributed by atoms with van der Waals surface area (Å²) in [7, 11) is -2.70. The number of aryl methyl sites for hydroxylation is 1.